The van der Waals surface area contributed by atoms with E-state index in [4.69, 9.17) is 5.11 Å². The smallest absolute Gasteiger partial charge is 0.240 e. The average Bonchev–Trinajstić information content (AvgIpc) is 3.19. The van der Waals surface area contributed by atoms with E-state index in [9.17, 15) is 8.42 Å². The molecule has 2 N–H and O–H groups in total. The second-order valence-corrected chi connectivity index (χ2v) is 6.52. The number of phenolic OH excluding ortho intramolecular Hbond substituents is 1. The summed E-state index contributed by atoms with van der Waals surface area (Å²) in [5, 5.41) is 9.15. The summed E-state index contributed by atoms with van der Waals surface area (Å²) in [6, 6.07) is 6.18. The molecule has 5 nitrogen and oxygen atoms in total. The van der Waals surface area contributed by atoms with Crippen molar-refractivity contribution in [1.82, 2.24) is 9.62 Å². The molecular formula is C13H20N2O3S. The predicted molar refractivity (Wildman–Crippen MR) is 73.6 cm³/mol. The van der Waals surface area contributed by atoms with Crippen LogP contribution in [0.4, 0.5) is 0 Å². The normalized spacial score (nSPS) is 15.9. The molecule has 1 aliphatic carbocycles. The van der Waals surface area contributed by atoms with E-state index >= 15 is 0 Å². The van der Waals surface area contributed by atoms with E-state index in [1.165, 1.54) is 37.1 Å². The van der Waals surface area contributed by atoms with Crippen LogP contribution in [-0.4, -0.2) is 44.1 Å². The second-order valence-electron chi connectivity index (χ2n) is 4.75. The number of benzene rings is 1. The van der Waals surface area contributed by atoms with Crippen molar-refractivity contribution in [1.29, 1.82) is 0 Å². The first kappa shape index (κ1) is 14.3. The van der Waals surface area contributed by atoms with Crippen molar-refractivity contribution in [2.45, 2.75) is 30.7 Å². The van der Waals surface area contributed by atoms with E-state index in [1.807, 2.05) is 0 Å². The van der Waals surface area contributed by atoms with Gasteiger partial charge in [-0.05, 0) is 43.7 Å². The third-order valence-electron chi connectivity index (χ3n) is 3.31. The highest BCUT2D eigenvalue weighted by atomic mass is 32.2. The van der Waals surface area contributed by atoms with Gasteiger partial charge < -0.3 is 5.11 Å². The number of hydrogen-bond acceptors (Lipinski definition) is 4. The summed E-state index contributed by atoms with van der Waals surface area (Å²) in [7, 11) is -3.47. The molecule has 2 rings (SSSR count). The highest BCUT2D eigenvalue weighted by molar-refractivity contribution is 7.89. The Hall–Kier alpha value is -1.11. The van der Waals surface area contributed by atoms with Gasteiger partial charge in [-0.15, -0.1) is 0 Å². The van der Waals surface area contributed by atoms with Crippen LogP contribution in [0.2, 0.25) is 0 Å². The Kier molecular flexibility index (Phi) is 4.44. The number of sulfonamides is 1. The molecule has 1 aromatic rings. The molecule has 0 aromatic heterocycles. The largest absolute Gasteiger partial charge is 0.508 e. The topological polar surface area (TPSA) is 69.6 Å². The minimum Gasteiger partial charge on any atom is -0.508 e. The molecule has 0 aliphatic heterocycles. The van der Waals surface area contributed by atoms with Gasteiger partial charge in [0.05, 0.1) is 4.90 Å². The first-order valence-electron chi connectivity index (χ1n) is 6.55. The maximum Gasteiger partial charge on any atom is 0.240 e. The maximum absolute atomic E-state index is 12.0. The lowest BCUT2D eigenvalue weighted by Crippen LogP contribution is -2.36. The molecule has 0 bridgehead atoms. The molecule has 6 heteroatoms. The van der Waals surface area contributed by atoms with Crippen LogP contribution >= 0.6 is 0 Å². The summed E-state index contributed by atoms with van der Waals surface area (Å²) < 4.78 is 26.6. The monoisotopic (exact) mass is 284 g/mol. The minimum atomic E-state index is -3.47. The summed E-state index contributed by atoms with van der Waals surface area (Å²) in [5.74, 6) is 0.0600. The third-order valence-corrected chi connectivity index (χ3v) is 4.78. The van der Waals surface area contributed by atoms with Gasteiger partial charge in [-0.25, -0.2) is 13.1 Å². The molecule has 0 amide bonds. The number of aromatic hydroxyl groups is 1. The average molecular weight is 284 g/mol. The van der Waals surface area contributed by atoms with E-state index in [1.54, 1.807) is 0 Å². The standard InChI is InChI=1S/C13H20N2O3S/c1-2-15(11-3-4-11)10-9-14-19(17,18)13-7-5-12(16)6-8-13/h5-8,11,14,16H,2-4,9-10H2,1H3. The maximum atomic E-state index is 12.0. The van der Waals surface area contributed by atoms with Crippen LogP contribution in [0.25, 0.3) is 0 Å². The van der Waals surface area contributed by atoms with E-state index in [2.05, 4.69) is 16.5 Å². The first-order chi connectivity index (χ1) is 9.03. The molecule has 0 atom stereocenters. The number of phenols is 1. The highest BCUT2D eigenvalue weighted by Gasteiger charge is 2.27. The number of nitrogens with one attached hydrogen (secondary N) is 1. The van der Waals surface area contributed by atoms with Gasteiger partial charge >= 0.3 is 0 Å². The Morgan fingerprint density at radius 2 is 1.95 bits per heavy atom. The van der Waals surface area contributed by atoms with Crippen molar-refractivity contribution in [2.75, 3.05) is 19.6 Å². The molecule has 1 aromatic carbocycles. The van der Waals surface area contributed by atoms with E-state index in [0.717, 1.165) is 13.1 Å². The van der Waals surface area contributed by atoms with Crippen LogP contribution in [0.1, 0.15) is 19.8 Å². The van der Waals surface area contributed by atoms with Gasteiger partial charge in [0.2, 0.25) is 10.0 Å². The Labute approximate surface area is 114 Å². The van der Waals surface area contributed by atoms with Crippen LogP contribution in [0, 0.1) is 0 Å². The van der Waals surface area contributed by atoms with Crippen molar-refractivity contribution < 1.29 is 13.5 Å². The van der Waals surface area contributed by atoms with Crippen LogP contribution in [0.15, 0.2) is 29.2 Å². The molecule has 1 fully saturated rings. The Morgan fingerprint density at radius 1 is 1.32 bits per heavy atom. The van der Waals surface area contributed by atoms with Crippen LogP contribution < -0.4 is 4.72 Å². The van der Waals surface area contributed by atoms with Crippen LogP contribution in [0.5, 0.6) is 5.75 Å². The number of nitrogens with zero attached hydrogens (tertiary/aromatic N) is 1. The summed E-state index contributed by atoms with van der Waals surface area (Å²) in [6.07, 6.45) is 2.44. The van der Waals surface area contributed by atoms with Gasteiger partial charge in [0.15, 0.2) is 0 Å². The van der Waals surface area contributed by atoms with Crippen LogP contribution in [0.3, 0.4) is 0 Å². The van der Waals surface area contributed by atoms with E-state index < -0.39 is 10.0 Å². The van der Waals surface area contributed by atoms with Gasteiger partial charge in [0, 0.05) is 19.1 Å². The summed E-state index contributed by atoms with van der Waals surface area (Å²) in [6.45, 7) is 4.18. The van der Waals surface area contributed by atoms with Crippen molar-refractivity contribution in [3.05, 3.63) is 24.3 Å². The second kappa shape index (κ2) is 5.90. The quantitative estimate of drug-likeness (QED) is 0.788. The molecule has 106 valence electrons. The van der Waals surface area contributed by atoms with E-state index in [0.29, 0.717) is 12.6 Å². The van der Waals surface area contributed by atoms with Gasteiger partial charge in [-0.3, -0.25) is 4.90 Å². The SMILES string of the molecule is CCN(CCNS(=O)(=O)c1ccc(O)cc1)C1CC1. The zero-order chi connectivity index (χ0) is 13.9. The van der Waals surface area contributed by atoms with Crippen LogP contribution in [-0.2, 0) is 10.0 Å². The zero-order valence-corrected chi connectivity index (χ0v) is 11.9. The molecule has 1 aliphatic rings. The minimum absolute atomic E-state index is 0.0600. The molecule has 0 heterocycles. The van der Waals surface area contributed by atoms with Gasteiger partial charge in [-0.1, -0.05) is 6.92 Å². The fraction of sp³-hybridized carbons (Fsp3) is 0.538. The molecule has 0 saturated heterocycles. The van der Waals surface area contributed by atoms with Gasteiger partial charge in [0.1, 0.15) is 5.75 Å². The Morgan fingerprint density at radius 3 is 2.47 bits per heavy atom. The first-order valence-corrected chi connectivity index (χ1v) is 8.04. The molecular weight excluding hydrogens is 264 g/mol. The zero-order valence-electron chi connectivity index (χ0n) is 11.0. The molecule has 1 saturated carbocycles. The summed E-state index contributed by atoms with van der Waals surface area (Å²) in [4.78, 5) is 2.47. The van der Waals surface area contributed by atoms with Crippen molar-refractivity contribution in [2.24, 2.45) is 0 Å². The molecule has 0 radical (unpaired) electrons. The lowest BCUT2D eigenvalue weighted by Gasteiger charge is -2.19. The van der Waals surface area contributed by atoms with Gasteiger partial charge in [0.25, 0.3) is 0 Å². The van der Waals surface area contributed by atoms with Crippen molar-refractivity contribution in [3.63, 3.8) is 0 Å². The molecule has 19 heavy (non-hydrogen) atoms. The predicted octanol–water partition coefficient (Wildman–Crippen LogP) is 1.15. The number of hydrogen-bond donors (Lipinski definition) is 2. The third kappa shape index (κ3) is 3.92. The highest BCUT2D eigenvalue weighted by Crippen LogP contribution is 2.25. The summed E-state index contributed by atoms with van der Waals surface area (Å²) in [5.41, 5.74) is 0. The number of rotatable bonds is 7. The van der Waals surface area contributed by atoms with Crippen molar-refractivity contribution >= 4 is 10.0 Å². The molecule has 0 unspecified atom stereocenters. The fourth-order valence-electron chi connectivity index (χ4n) is 2.07. The lowest BCUT2D eigenvalue weighted by molar-refractivity contribution is 0.282. The van der Waals surface area contributed by atoms with E-state index in [-0.39, 0.29) is 10.6 Å². The fourth-order valence-corrected chi connectivity index (χ4v) is 3.09. The number of likely N-dealkylation sites (N-methyl/N-ethyl adjacent to an activating group) is 1. The lowest BCUT2D eigenvalue weighted by atomic mass is 10.3. The summed E-state index contributed by atoms with van der Waals surface area (Å²) >= 11 is 0. The van der Waals surface area contributed by atoms with Crippen molar-refractivity contribution in [3.8, 4) is 5.75 Å². The van der Waals surface area contributed by atoms with Gasteiger partial charge in [-0.2, -0.15) is 0 Å². The Bertz CT molecular complexity index is 509. The Balaban J connectivity index is 1.88. The molecule has 0 spiro atoms.